The number of benzene rings is 2. The van der Waals surface area contributed by atoms with Crippen molar-refractivity contribution in [3.8, 4) is 0 Å². The maximum Gasteiger partial charge on any atom is 0.252 e. The maximum atomic E-state index is 14.1. The molecule has 0 N–H and O–H groups in total. The summed E-state index contributed by atoms with van der Waals surface area (Å²) in [5.74, 6) is -0.584. The number of carbonyl (C=O) groups excluding carboxylic acids is 2. The maximum absolute atomic E-state index is 14.1. The van der Waals surface area contributed by atoms with Gasteiger partial charge in [0.15, 0.2) is 0 Å². The van der Waals surface area contributed by atoms with E-state index < -0.39 is 13.1 Å². The molecular weight excluding hydrogens is 361 g/mol. The van der Waals surface area contributed by atoms with Crippen molar-refractivity contribution in [2.24, 2.45) is 0 Å². The van der Waals surface area contributed by atoms with E-state index in [0.717, 1.165) is 11.3 Å². The zero-order valence-corrected chi connectivity index (χ0v) is 16.1. The number of para-hydroxylation sites is 1. The molecular formula is C20H22N3O3P. The SMILES string of the molecule is CN1CCN(c2ccccc2)P1(=O)C1CC(=O)N(Cc2ccccc2)C1=O. The smallest absolute Gasteiger partial charge is 0.252 e. The first-order valence-corrected chi connectivity index (χ1v) is 10.7. The molecule has 27 heavy (non-hydrogen) atoms. The van der Waals surface area contributed by atoms with Crippen LogP contribution in [0.3, 0.4) is 0 Å². The first-order valence-electron chi connectivity index (χ1n) is 9.04. The summed E-state index contributed by atoms with van der Waals surface area (Å²) >= 11 is 0. The molecule has 0 saturated carbocycles. The molecule has 6 nitrogen and oxygen atoms in total. The summed E-state index contributed by atoms with van der Waals surface area (Å²) in [6, 6.07) is 18.9. The van der Waals surface area contributed by atoms with Gasteiger partial charge in [0.2, 0.25) is 11.8 Å². The zero-order valence-electron chi connectivity index (χ0n) is 15.2. The summed E-state index contributed by atoms with van der Waals surface area (Å²) in [5.41, 5.74) is 0.895. The molecule has 4 rings (SSSR count). The number of nitrogens with zero attached hydrogens (tertiary/aromatic N) is 3. The van der Waals surface area contributed by atoms with E-state index in [0.29, 0.717) is 13.1 Å². The Morgan fingerprint density at radius 2 is 1.59 bits per heavy atom. The van der Waals surface area contributed by atoms with Gasteiger partial charge in [-0.3, -0.25) is 19.1 Å². The van der Waals surface area contributed by atoms with Gasteiger partial charge in [-0.1, -0.05) is 48.5 Å². The zero-order chi connectivity index (χ0) is 19.0. The highest BCUT2D eigenvalue weighted by Gasteiger charge is 2.56. The number of likely N-dealkylation sites (tertiary alicyclic amines) is 1. The van der Waals surface area contributed by atoms with E-state index in [9.17, 15) is 14.2 Å². The van der Waals surface area contributed by atoms with E-state index in [1.54, 1.807) is 11.7 Å². The Kier molecular flexibility index (Phi) is 4.62. The fourth-order valence-electron chi connectivity index (χ4n) is 3.87. The number of rotatable bonds is 4. The molecule has 2 aromatic rings. The highest BCUT2D eigenvalue weighted by molar-refractivity contribution is 7.65. The van der Waals surface area contributed by atoms with Crippen molar-refractivity contribution in [2.45, 2.75) is 18.6 Å². The lowest BCUT2D eigenvalue weighted by atomic mass is 10.2. The second-order valence-corrected chi connectivity index (χ2v) is 9.92. The van der Waals surface area contributed by atoms with Crippen LogP contribution in [0.25, 0.3) is 0 Å². The van der Waals surface area contributed by atoms with Gasteiger partial charge in [0, 0.05) is 25.2 Å². The largest absolute Gasteiger partial charge is 0.309 e. The number of imide groups is 1. The lowest BCUT2D eigenvalue weighted by Crippen LogP contribution is -2.35. The van der Waals surface area contributed by atoms with Crippen LogP contribution in [0.2, 0.25) is 0 Å². The molecule has 2 heterocycles. The second kappa shape index (κ2) is 6.95. The number of hydrogen-bond acceptors (Lipinski definition) is 3. The molecule has 2 aliphatic rings. The average molecular weight is 383 g/mol. The van der Waals surface area contributed by atoms with Crippen LogP contribution in [0.4, 0.5) is 5.69 Å². The lowest BCUT2D eigenvalue weighted by Gasteiger charge is -2.33. The molecule has 2 fully saturated rings. The van der Waals surface area contributed by atoms with Gasteiger partial charge in [-0.05, 0) is 24.7 Å². The normalized spacial score (nSPS) is 26.2. The first-order chi connectivity index (χ1) is 13.0. The topological polar surface area (TPSA) is 60.9 Å². The predicted molar refractivity (Wildman–Crippen MR) is 104 cm³/mol. The average Bonchev–Trinajstić information content (AvgIpc) is 3.15. The molecule has 2 aliphatic heterocycles. The Balaban J connectivity index is 1.64. The van der Waals surface area contributed by atoms with E-state index >= 15 is 0 Å². The molecule has 2 atom stereocenters. The van der Waals surface area contributed by atoms with Crippen LogP contribution in [0.5, 0.6) is 0 Å². The molecule has 2 unspecified atom stereocenters. The molecule has 2 aromatic carbocycles. The fraction of sp³-hybridized carbons (Fsp3) is 0.300. The van der Waals surface area contributed by atoms with Crippen molar-refractivity contribution < 1.29 is 14.2 Å². The van der Waals surface area contributed by atoms with Crippen LogP contribution in [-0.2, 0) is 20.7 Å². The van der Waals surface area contributed by atoms with Crippen LogP contribution >= 0.6 is 7.44 Å². The minimum atomic E-state index is -3.22. The Labute approximate surface area is 158 Å². The molecule has 140 valence electrons. The lowest BCUT2D eigenvalue weighted by molar-refractivity contribution is -0.138. The standard InChI is InChI=1S/C20H22N3O3P/c1-21-12-13-23(17-10-6-3-7-11-17)27(21,26)18-14-19(24)22(20(18)25)15-16-8-4-2-5-9-16/h2-11,18H,12-15H2,1H3. The Bertz CT molecular complexity index is 903. The highest BCUT2D eigenvalue weighted by Crippen LogP contribution is 2.63. The van der Waals surface area contributed by atoms with E-state index in [1.807, 2.05) is 65.3 Å². The summed E-state index contributed by atoms with van der Waals surface area (Å²) in [6.07, 6.45) is -0.00335. The molecule has 0 spiro atoms. The quantitative estimate of drug-likeness (QED) is 0.600. The highest BCUT2D eigenvalue weighted by atomic mass is 31.2. The summed E-state index contributed by atoms with van der Waals surface area (Å²) in [5, 5.41) is 0. The van der Waals surface area contributed by atoms with E-state index in [1.165, 1.54) is 4.90 Å². The second-order valence-electron chi connectivity index (χ2n) is 6.95. The molecule has 0 radical (unpaired) electrons. The fourth-order valence-corrected chi connectivity index (χ4v) is 7.09. The van der Waals surface area contributed by atoms with Crippen LogP contribution in [-0.4, -0.2) is 47.2 Å². The van der Waals surface area contributed by atoms with Crippen molar-refractivity contribution in [2.75, 3.05) is 24.8 Å². The number of likely N-dealkylation sites (N-methyl/N-ethyl adjacent to an activating group) is 1. The third-order valence-corrected chi connectivity index (χ3v) is 8.85. The van der Waals surface area contributed by atoms with Gasteiger partial charge in [-0.25, -0.2) is 4.67 Å². The van der Waals surface area contributed by atoms with E-state index in [4.69, 9.17) is 0 Å². The van der Waals surface area contributed by atoms with Gasteiger partial charge < -0.3 is 4.67 Å². The van der Waals surface area contributed by atoms with Crippen LogP contribution in [0, 0.1) is 0 Å². The van der Waals surface area contributed by atoms with Gasteiger partial charge in [-0.2, -0.15) is 0 Å². The van der Waals surface area contributed by atoms with Crippen LogP contribution in [0.15, 0.2) is 60.7 Å². The van der Waals surface area contributed by atoms with Gasteiger partial charge in [0.05, 0.1) is 6.54 Å². The minimum Gasteiger partial charge on any atom is -0.309 e. The van der Waals surface area contributed by atoms with Crippen molar-refractivity contribution in [1.82, 2.24) is 9.57 Å². The summed E-state index contributed by atoms with van der Waals surface area (Å²) in [6.45, 7) is 1.40. The number of amides is 2. The van der Waals surface area contributed by atoms with Gasteiger partial charge in [0.25, 0.3) is 7.44 Å². The Morgan fingerprint density at radius 3 is 2.26 bits per heavy atom. The van der Waals surface area contributed by atoms with Gasteiger partial charge in [-0.15, -0.1) is 0 Å². The number of anilines is 1. The van der Waals surface area contributed by atoms with E-state index in [-0.39, 0.29) is 24.8 Å². The van der Waals surface area contributed by atoms with Crippen LogP contribution in [0.1, 0.15) is 12.0 Å². The van der Waals surface area contributed by atoms with E-state index in [2.05, 4.69) is 0 Å². The molecule has 2 amide bonds. The monoisotopic (exact) mass is 383 g/mol. The minimum absolute atomic E-state index is 0.00335. The summed E-state index contributed by atoms with van der Waals surface area (Å²) < 4.78 is 17.7. The third kappa shape index (κ3) is 2.99. The number of hydrogen-bond donors (Lipinski definition) is 0. The molecule has 0 aromatic heterocycles. The molecule has 0 bridgehead atoms. The number of carbonyl (C=O) groups is 2. The van der Waals surface area contributed by atoms with Crippen molar-refractivity contribution >= 4 is 24.9 Å². The third-order valence-electron chi connectivity index (χ3n) is 5.33. The molecule has 0 aliphatic carbocycles. The Morgan fingerprint density at radius 1 is 0.963 bits per heavy atom. The summed E-state index contributed by atoms with van der Waals surface area (Å²) in [4.78, 5) is 27.0. The van der Waals surface area contributed by atoms with Crippen molar-refractivity contribution in [3.63, 3.8) is 0 Å². The first kappa shape index (κ1) is 18.0. The predicted octanol–water partition coefficient (Wildman–Crippen LogP) is 2.96. The van der Waals surface area contributed by atoms with Crippen LogP contribution < -0.4 is 4.67 Å². The molecule has 2 saturated heterocycles. The summed E-state index contributed by atoms with van der Waals surface area (Å²) in [7, 11) is -1.44. The van der Waals surface area contributed by atoms with Crippen molar-refractivity contribution in [1.29, 1.82) is 0 Å². The molecule has 7 heteroatoms. The van der Waals surface area contributed by atoms with Crippen molar-refractivity contribution in [3.05, 3.63) is 66.2 Å². The van der Waals surface area contributed by atoms with Gasteiger partial charge >= 0.3 is 0 Å². The Hall–Kier alpha value is -2.43. The van der Waals surface area contributed by atoms with Gasteiger partial charge in [0.1, 0.15) is 5.66 Å².